The summed E-state index contributed by atoms with van der Waals surface area (Å²) in [6, 6.07) is 0. The summed E-state index contributed by atoms with van der Waals surface area (Å²) in [4.78, 5) is 0. The largest absolute Gasteiger partial charge is 0.328 e. The third-order valence-corrected chi connectivity index (χ3v) is 6.71. The molecule has 0 radical (unpaired) electrons. The fourth-order valence-corrected chi connectivity index (χ4v) is 4.96. The van der Waals surface area contributed by atoms with Gasteiger partial charge >= 0.3 is 0 Å². The third-order valence-electron chi connectivity index (χ3n) is 6.71. The van der Waals surface area contributed by atoms with Crippen LogP contribution in [-0.2, 0) is 14.2 Å². The van der Waals surface area contributed by atoms with Gasteiger partial charge in [-0.05, 0) is 58.3 Å². The molecule has 0 aromatic rings. The van der Waals surface area contributed by atoms with Crippen LogP contribution in [0.3, 0.4) is 0 Å². The minimum Gasteiger partial charge on any atom is -0.328 e. The Hall–Kier alpha value is -0.120. The summed E-state index contributed by atoms with van der Waals surface area (Å²) in [7, 11) is 0. The van der Waals surface area contributed by atoms with E-state index in [4.69, 9.17) is 14.2 Å². The molecule has 3 nitrogen and oxygen atoms in total. The van der Waals surface area contributed by atoms with Crippen molar-refractivity contribution in [2.24, 2.45) is 5.41 Å². The average Bonchev–Trinajstić information content (AvgIpc) is 2.76. The van der Waals surface area contributed by atoms with Crippen LogP contribution < -0.4 is 0 Å². The summed E-state index contributed by atoms with van der Waals surface area (Å²) in [5, 5.41) is 0. The van der Waals surface area contributed by atoms with Crippen LogP contribution in [0.25, 0.3) is 0 Å². The Labute approximate surface area is 196 Å². The van der Waals surface area contributed by atoms with E-state index in [1.807, 2.05) is 20.8 Å². The van der Waals surface area contributed by atoms with E-state index in [0.717, 1.165) is 12.8 Å². The summed E-state index contributed by atoms with van der Waals surface area (Å²) >= 11 is 0. The van der Waals surface area contributed by atoms with Crippen LogP contribution in [0.2, 0.25) is 0 Å². The lowest BCUT2D eigenvalue weighted by molar-refractivity contribution is -0.380. The van der Waals surface area contributed by atoms with E-state index in [1.165, 1.54) is 96.3 Å². The van der Waals surface area contributed by atoms with E-state index in [9.17, 15) is 0 Å². The molecule has 0 N–H and O–H groups in total. The first-order valence-corrected chi connectivity index (χ1v) is 14.0. The van der Waals surface area contributed by atoms with Gasteiger partial charge in [0, 0.05) is 26.2 Å². The zero-order valence-electron chi connectivity index (χ0n) is 22.4. The fraction of sp³-hybridized carbons (Fsp3) is 1.00. The molecule has 0 spiro atoms. The van der Waals surface area contributed by atoms with E-state index in [0.29, 0.717) is 25.2 Å². The standard InChI is InChI=1S/C28H58O3/c1-7-13-22-27(23-14-8-2,24-15-9-3)25-20-18-16-17-19-21-26-28(29-10-4,30-11-5)31-12-6/h7-26H2,1-6H3. The molecular weight excluding hydrogens is 384 g/mol. The van der Waals surface area contributed by atoms with Crippen molar-refractivity contribution >= 4 is 0 Å². The number of hydrogen-bond donors (Lipinski definition) is 0. The molecule has 0 amide bonds. The maximum atomic E-state index is 5.85. The number of unbranched alkanes of at least 4 members (excludes halogenated alkanes) is 8. The highest BCUT2D eigenvalue weighted by atomic mass is 16.9. The molecule has 188 valence electrons. The van der Waals surface area contributed by atoms with Crippen LogP contribution in [0.1, 0.15) is 151 Å². The Balaban J connectivity index is 4.33. The molecule has 0 unspecified atom stereocenters. The van der Waals surface area contributed by atoms with E-state index in [1.54, 1.807) is 0 Å². The van der Waals surface area contributed by atoms with Gasteiger partial charge in [-0.25, -0.2) is 0 Å². The second kappa shape index (κ2) is 20.5. The maximum Gasteiger partial charge on any atom is 0.282 e. The highest BCUT2D eigenvalue weighted by molar-refractivity contribution is 4.79. The van der Waals surface area contributed by atoms with Crippen LogP contribution in [0.4, 0.5) is 0 Å². The Morgan fingerprint density at radius 3 is 1.06 bits per heavy atom. The molecule has 0 aliphatic heterocycles. The molecule has 0 fully saturated rings. The molecule has 0 saturated heterocycles. The summed E-state index contributed by atoms with van der Waals surface area (Å²) in [5.41, 5.74) is 0.633. The maximum absolute atomic E-state index is 5.85. The summed E-state index contributed by atoms with van der Waals surface area (Å²) in [6.07, 6.45) is 22.7. The SMILES string of the molecule is CCCCC(CCCC)(CCCC)CCCCCCCCC(OCC)(OCC)OCC. The zero-order valence-corrected chi connectivity index (χ0v) is 22.4. The fourth-order valence-electron chi connectivity index (χ4n) is 4.96. The van der Waals surface area contributed by atoms with Crippen LogP contribution in [-0.4, -0.2) is 25.8 Å². The third kappa shape index (κ3) is 14.6. The van der Waals surface area contributed by atoms with E-state index >= 15 is 0 Å². The van der Waals surface area contributed by atoms with E-state index < -0.39 is 5.97 Å². The van der Waals surface area contributed by atoms with Crippen molar-refractivity contribution in [3.8, 4) is 0 Å². The summed E-state index contributed by atoms with van der Waals surface area (Å²) < 4.78 is 17.5. The molecule has 0 bridgehead atoms. The first kappa shape index (κ1) is 30.9. The Bertz CT molecular complexity index is 330. The molecule has 0 aromatic heterocycles. The summed E-state index contributed by atoms with van der Waals surface area (Å²) in [6.45, 7) is 14.9. The second-order valence-corrected chi connectivity index (χ2v) is 9.41. The molecule has 0 rings (SSSR count). The minimum absolute atomic E-state index is 0.621. The zero-order chi connectivity index (χ0) is 23.3. The van der Waals surface area contributed by atoms with Crippen LogP contribution >= 0.6 is 0 Å². The van der Waals surface area contributed by atoms with Crippen molar-refractivity contribution in [2.75, 3.05) is 19.8 Å². The minimum atomic E-state index is -0.824. The molecule has 0 atom stereocenters. The quantitative estimate of drug-likeness (QED) is 0.110. The van der Waals surface area contributed by atoms with Gasteiger partial charge in [-0.2, -0.15) is 0 Å². The highest BCUT2D eigenvalue weighted by Crippen LogP contribution is 2.41. The Morgan fingerprint density at radius 1 is 0.387 bits per heavy atom. The van der Waals surface area contributed by atoms with Gasteiger partial charge in [0.1, 0.15) is 0 Å². The van der Waals surface area contributed by atoms with Gasteiger partial charge < -0.3 is 14.2 Å². The van der Waals surface area contributed by atoms with Crippen molar-refractivity contribution in [3.05, 3.63) is 0 Å². The summed E-state index contributed by atoms with van der Waals surface area (Å²) in [5.74, 6) is -0.824. The molecule has 0 saturated carbocycles. The Kier molecular flexibility index (Phi) is 20.4. The molecule has 0 aliphatic carbocycles. The topological polar surface area (TPSA) is 27.7 Å². The van der Waals surface area contributed by atoms with Gasteiger partial charge in [-0.3, -0.25) is 0 Å². The molecule has 3 heteroatoms. The lowest BCUT2D eigenvalue weighted by Crippen LogP contribution is -2.39. The number of hydrogen-bond acceptors (Lipinski definition) is 3. The first-order chi connectivity index (χ1) is 15.1. The lowest BCUT2D eigenvalue weighted by Gasteiger charge is -2.35. The van der Waals surface area contributed by atoms with Crippen molar-refractivity contribution in [1.82, 2.24) is 0 Å². The normalized spacial score (nSPS) is 12.6. The van der Waals surface area contributed by atoms with Crippen LogP contribution in [0.15, 0.2) is 0 Å². The molecule has 31 heavy (non-hydrogen) atoms. The molecular formula is C28H58O3. The highest BCUT2D eigenvalue weighted by Gasteiger charge is 2.31. The predicted molar refractivity (Wildman–Crippen MR) is 136 cm³/mol. The molecule has 0 aliphatic rings. The van der Waals surface area contributed by atoms with Crippen molar-refractivity contribution in [3.63, 3.8) is 0 Å². The van der Waals surface area contributed by atoms with Crippen molar-refractivity contribution in [2.45, 2.75) is 157 Å². The van der Waals surface area contributed by atoms with Crippen molar-refractivity contribution < 1.29 is 14.2 Å². The number of ether oxygens (including phenoxy) is 3. The van der Waals surface area contributed by atoms with Gasteiger partial charge in [0.05, 0.1) is 0 Å². The van der Waals surface area contributed by atoms with E-state index in [2.05, 4.69) is 20.8 Å². The molecule has 0 heterocycles. The van der Waals surface area contributed by atoms with Gasteiger partial charge in [0.25, 0.3) is 5.97 Å². The smallest absolute Gasteiger partial charge is 0.282 e. The van der Waals surface area contributed by atoms with Gasteiger partial charge in [0.2, 0.25) is 0 Å². The van der Waals surface area contributed by atoms with Gasteiger partial charge in [0.15, 0.2) is 0 Å². The van der Waals surface area contributed by atoms with Crippen molar-refractivity contribution in [1.29, 1.82) is 0 Å². The average molecular weight is 443 g/mol. The second-order valence-electron chi connectivity index (χ2n) is 9.41. The number of rotatable bonds is 24. The Morgan fingerprint density at radius 2 is 0.710 bits per heavy atom. The van der Waals surface area contributed by atoms with Gasteiger partial charge in [-0.15, -0.1) is 0 Å². The van der Waals surface area contributed by atoms with Crippen LogP contribution in [0.5, 0.6) is 0 Å². The lowest BCUT2D eigenvalue weighted by atomic mass is 9.71. The predicted octanol–water partition coefficient (Wildman–Crippen LogP) is 9.43. The van der Waals surface area contributed by atoms with Gasteiger partial charge in [-0.1, -0.05) is 91.4 Å². The first-order valence-electron chi connectivity index (χ1n) is 14.0. The molecule has 0 aromatic carbocycles. The van der Waals surface area contributed by atoms with E-state index in [-0.39, 0.29) is 0 Å². The van der Waals surface area contributed by atoms with Crippen LogP contribution in [0, 0.1) is 5.41 Å². The monoisotopic (exact) mass is 442 g/mol.